The largest absolute Gasteiger partial charge is 0.491 e. The summed E-state index contributed by atoms with van der Waals surface area (Å²) in [7, 11) is 0. The molecule has 0 fully saturated rings. The van der Waals surface area contributed by atoms with Crippen LogP contribution in [0, 0.1) is 0 Å². The number of benzene rings is 4. The van der Waals surface area contributed by atoms with Crippen LogP contribution in [0.3, 0.4) is 0 Å². The Morgan fingerprint density at radius 3 is 1.34 bits per heavy atom. The second-order valence-corrected chi connectivity index (χ2v) is 11.8. The van der Waals surface area contributed by atoms with Crippen molar-refractivity contribution in [1.82, 2.24) is 0 Å². The average molecular weight is 639 g/mol. The van der Waals surface area contributed by atoms with Gasteiger partial charge >= 0.3 is 0 Å². The number of aryl methyl sites for hydroxylation is 1. The van der Waals surface area contributed by atoms with Crippen LogP contribution in [0.1, 0.15) is 74.1 Å². The topological polar surface area (TPSA) is 46.2 Å². The summed E-state index contributed by atoms with van der Waals surface area (Å²) < 4.78 is 29.8. The van der Waals surface area contributed by atoms with Crippen molar-refractivity contribution in [1.29, 1.82) is 0 Å². The Morgan fingerprint density at radius 1 is 0.426 bits per heavy atom. The third-order valence-corrected chi connectivity index (χ3v) is 8.32. The SMILES string of the molecule is CCCCCCCCCc1ccc(OCCOCCOCCOCCOC(c2ccccc2)(c2ccccc2)c2ccccc2)cc1. The minimum absolute atomic E-state index is 0.434. The van der Waals surface area contributed by atoms with E-state index in [4.69, 9.17) is 23.7 Å². The lowest BCUT2D eigenvalue weighted by Crippen LogP contribution is -2.34. The molecule has 4 aromatic rings. The van der Waals surface area contributed by atoms with E-state index in [1.165, 1.54) is 50.5 Å². The van der Waals surface area contributed by atoms with Crippen LogP contribution in [-0.2, 0) is 31.0 Å². The van der Waals surface area contributed by atoms with Crippen molar-refractivity contribution in [2.24, 2.45) is 0 Å². The Kier molecular flexibility index (Phi) is 17.1. The molecule has 0 saturated carbocycles. The van der Waals surface area contributed by atoms with Gasteiger partial charge in [0.25, 0.3) is 0 Å². The lowest BCUT2D eigenvalue weighted by Gasteiger charge is -2.36. The monoisotopic (exact) mass is 638 g/mol. The number of rotatable bonds is 25. The van der Waals surface area contributed by atoms with E-state index in [2.05, 4.69) is 104 Å². The molecule has 47 heavy (non-hydrogen) atoms. The normalized spacial score (nSPS) is 11.5. The van der Waals surface area contributed by atoms with Gasteiger partial charge in [0, 0.05) is 0 Å². The molecule has 0 amide bonds. The summed E-state index contributed by atoms with van der Waals surface area (Å²) in [5, 5.41) is 0. The van der Waals surface area contributed by atoms with E-state index in [0.717, 1.165) is 28.9 Å². The summed E-state index contributed by atoms with van der Waals surface area (Å²) in [6.07, 6.45) is 10.5. The molecule has 0 spiro atoms. The van der Waals surface area contributed by atoms with Crippen LogP contribution in [0.2, 0.25) is 0 Å². The minimum Gasteiger partial charge on any atom is -0.491 e. The van der Waals surface area contributed by atoms with Crippen LogP contribution >= 0.6 is 0 Å². The molecule has 4 rings (SSSR count). The Hall–Kier alpha value is -3.48. The van der Waals surface area contributed by atoms with E-state index in [-0.39, 0.29) is 0 Å². The zero-order chi connectivity index (χ0) is 32.7. The summed E-state index contributed by atoms with van der Waals surface area (Å²) in [6.45, 7) is 6.27. The fourth-order valence-electron chi connectivity index (χ4n) is 5.82. The summed E-state index contributed by atoms with van der Waals surface area (Å²) in [6, 6.07) is 39.7. The third-order valence-electron chi connectivity index (χ3n) is 8.32. The molecule has 0 heterocycles. The first-order chi connectivity index (χ1) is 23.3. The lowest BCUT2D eigenvalue weighted by molar-refractivity contribution is -0.0373. The van der Waals surface area contributed by atoms with Crippen LogP contribution in [0.25, 0.3) is 0 Å². The molecule has 252 valence electrons. The van der Waals surface area contributed by atoms with E-state index >= 15 is 0 Å². The molecule has 0 aliphatic heterocycles. The number of unbranched alkanes of at least 4 members (excludes halogenated alkanes) is 6. The average Bonchev–Trinajstić information content (AvgIpc) is 3.13. The molecule has 5 nitrogen and oxygen atoms in total. The first-order valence-electron chi connectivity index (χ1n) is 17.6. The third kappa shape index (κ3) is 12.6. The van der Waals surface area contributed by atoms with Gasteiger partial charge in [-0.15, -0.1) is 0 Å². The molecule has 0 bridgehead atoms. The molecular weight excluding hydrogens is 584 g/mol. The lowest BCUT2D eigenvalue weighted by atomic mass is 9.80. The molecule has 0 atom stereocenters. The maximum atomic E-state index is 6.74. The Bertz CT molecular complexity index is 1220. The Balaban J connectivity index is 1.06. The maximum absolute atomic E-state index is 6.74. The molecule has 0 aliphatic carbocycles. The fourth-order valence-corrected chi connectivity index (χ4v) is 5.82. The van der Waals surface area contributed by atoms with Crippen molar-refractivity contribution in [2.75, 3.05) is 52.9 Å². The first kappa shape index (κ1) is 36.4. The van der Waals surface area contributed by atoms with Crippen molar-refractivity contribution in [3.8, 4) is 5.75 Å². The standard InChI is InChI=1S/C42H54O5/c1-2-3-4-5-6-7-11-18-37-25-27-41(28-26-37)46-35-33-44-31-29-43-30-32-45-34-36-47-42(38-19-12-8-13-20-38,39-21-14-9-15-22-39)40-23-16-10-17-24-40/h8-10,12-17,19-28H,2-7,11,18,29-36H2,1H3. The predicted octanol–water partition coefficient (Wildman–Crippen LogP) is 9.42. The molecule has 0 unspecified atom stereocenters. The predicted molar refractivity (Wildman–Crippen MR) is 191 cm³/mol. The summed E-state index contributed by atoms with van der Waals surface area (Å²) >= 11 is 0. The molecule has 0 radical (unpaired) electrons. The van der Waals surface area contributed by atoms with Crippen LogP contribution in [0.4, 0.5) is 0 Å². The van der Waals surface area contributed by atoms with E-state index in [9.17, 15) is 0 Å². The van der Waals surface area contributed by atoms with Crippen LogP contribution < -0.4 is 4.74 Å². The second-order valence-electron chi connectivity index (χ2n) is 11.8. The van der Waals surface area contributed by atoms with Crippen molar-refractivity contribution in [2.45, 2.75) is 63.9 Å². The number of hydrogen-bond donors (Lipinski definition) is 0. The Morgan fingerprint density at radius 2 is 0.851 bits per heavy atom. The van der Waals surface area contributed by atoms with E-state index in [1.807, 2.05) is 18.2 Å². The maximum Gasteiger partial charge on any atom is 0.143 e. The molecule has 0 saturated heterocycles. The number of hydrogen-bond acceptors (Lipinski definition) is 5. The van der Waals surface area contributed by atoms with Crippen LogP contribution in [-0.4, -0.2) is 52.9 Å². The highest BCUT2D eigenvalue weighted by atomic mass is 16.6. The van der Waals surface area contributed by atoms with Gasteiger partial charge in [-0.25, -0.2) is 0 Å². The van der Waals surface area contributed by atoms with Crippen molar-refractivity contribution in [3.63, 3.8) is 0 Å². The minimum atomic E-state index is -0.735. The number of ether oxygens (including phenoxy) is 5. The molecular formula is C42H54O5. The highest BCUT2D eigenvalue weighted by molar-refractivity contribution is 5.47. The quantitative estimate of drug-likeness (QED) is 0.0535. The highest BCUT2D eigenvalue weighted by Gasteiger charge is 2.37. The van der Waals surface area contributed by atoms with E-state index < -0.39 is 5.60 Å². The van der Waals surface area contributed by atoms with Gasteiger partial charge < -0.3 is 23.7 Å². The second kappa shape index (κ2) is 22.2. The molecule has 0 aromatic heterocycles. The van der Waals surface area contributed by atoms with E-state index in [0.29, 0.717) is 52.9 Å². The fraction of sp³-hybridized carbons (Fsp3) is 0.429. The van der Waals surface area contributed by atoms with Crippen LogP contribution in [0.5, 0.6) is 5.75 Å². The van der Waals surface area contributed by atoms with Gasteiger partial charge in [-0.05, 0) is 47.2 Å². The van der Waals surface area contributed by atoms with Gasteiger partial charge in [-0.1, -0.05) is 149 Å². The van der Waals surface area contributed by atoms with Crippen molar-refractivity contribution in [3.05, 3.63) is 138 Å². The van der Waals surface area contributed by atoms with Gasteiger partial charge in [-0.2, -0.15) is 0 Å². The summed E-state index contributed by atoms with van der Waals surface area (Å²) in [5.74, 6) is 0.892. The molecule has 4 aromatic carbocycles. The van der Waals surface area contributed by atoms with Gasteiger partial charge in [0.05, 0.1) is 46.2 Å². The van der Waals surface area contributed by atoms with Gasteiger partial charge in [0.15, 0.2) is 0 Å². The zero-order valence-corrected chi connectivity index (χ0v) is 28.3. The summed E-state index contributed by atoms with van der Waals surface area (Å²) in [4.78, 5) is 0. The molecule has 0 N–H and O–H groups in total. The zero-order valence-electron chi connectivity index (χ0n) is 28.3. The van der Waals surface area contributed by atoms with Crippen LogP contribution in [0.15, 0.2) is 115 Å². The van der Waals surface area contributed by atoms with Crippen molar-refractivity contribution < 1.29 is 23.7 Å². The smallest absolute Gasteiger partial charge is 0.143 e. The van der Waals surface area contributed by atoms with Gasteiger partial charge in [-0.3, -0.25) is 0 Å². The highest BCUT2D eigenvalue weighted by Crippen LogP contribution is 2.40. The molecule has 5 heteroatoms. The first-order valence-corrected chi connectivity index (χ1v) is 17.6. The molecule has 0 aliphatic rings. The summed E-state index contributed by atoms with van der Waals surface area (Å²) in [5.41, 5.74) is 3.89. The van der Waals surface area contributed by atoms with Crippen molar-refractivity contribution >= 4 is 0 Å². The van der Waals surface area contributed by atoms with E-state index in [1.54, 1.807) is 0 Å². The van der Waals surface area contributed by atoms with Gasteiger partial charge in [0.1, 0.15) is 18.0 Å². The van der Waals surface area contributed by atoms with Gasteiger partial charge in [0.2, 0.25) is 0 Å². The Labute approximate surface area is 283 Å².